The summed E-state index contributed by atoms with van der Waals surface area (Å²) in [6.45, 7) is 0. The minimum absolute atomic E-state index is 1.48. The summed E-state index contributed by atoms with van der Waals surface area (Å²) in [7, 11) is -2.71. The van der Waals surface area contributed by atoms with Gasteiger partial charge in [0.25, 0.3) is 0 Å². The minimum atomic E-state index is -3.30. The molecule has 0 aliphatic carbocycles. The van der Waals surface area contributed by atoms with Crippen molar-refractivity contribution in [2.75, 3.05) is 0 Å². The van der Waals surface area contributed by atoms with Crippen molar-refractivity contribution in [1.29, 1.82) is 0 Å². The molecule has 2 atom stereocenters. The summed E-state index contributed by atoms with van der Waals surface area (Å²) in [5.74, 6) is -8.57. The molecule has 0 bridgehead atoms. The number of aliphatic hydroxyl groups is 1. The summed E-state index contributed by atoms with van der Waals surface area (Å²) < 4.78 is 0. The molecule has 0 rings (SSSR count). The molecule has 0 aliphatic heterocycles. The molecule has 0 amide bonds. The van der Waals surface area contributed by atoms with Crippen LogP contribution in [0.1, 0.15) is 6.42 Å². The third kappa shape index (κ3) is 2.92. The summed E-state index contributed by atoms with van der Waals surface area (Å²) in [6.07, 6.45) is -1.48. The smallest absolute Gasteiger partial charge is 0.470 e. The van der Waals surface area contributed by atoms with E-state index in [0.717, 1.165) is 0 Å². The predicted octanol–water partition coefficient (Wildman–Crippen LogP) is -2.80. The van der Waals surface area contributed by atoms with Gasteiger partial charge in [-0.05, 0) is 0 Å². The first kappa shape index (κ1) is 14.4. The van der Waals surface area contributed by atoms with Crippen molar-refractivity contribution in [2.24, 2.45) is 0 Å². The first-order valence-electron chi connectivity index (χ1n) is 3.89. The third-order valence-electron chi connectivity index (χ3n) is 1.87. The Morgan fingerprint density at radius 1 is 1.12 bits per heavy atom. The molecular formula is C6H9BO9. The van der Waals surface area contributed by atoms with E-state index in [1.54, 1.807) is 0 Å². The Hall–Kier alpha value is -1.65. The number of hydrogen-bond acceptors (Lipinski definition) is 6. The van der Waals surface area contributed by atoms with E-state index in [-0.39, 0.29) is 0 Å². The number of hydrogen-bond donors (Lipinski definition) is 6. The molecule has 9 nitrogen and oxygen atoms in total. The molecule has 2 unspecified atom stereocenters. The van der Waals surface area contributed by atoms with Gasteiger partial charge in [0.2, 0.25) is 0 Å². The first-order chi connectivity index (χ1) is 7.12. The Morgan fingerprint density at radius 2 is 1.56 bits per heavy atom. The zero-order valence-electron chi connectivity index (χ0n) is 7.77. The van der Waals surface area contributed by atoms with Gasteiger partial charge in [0.15, 0.2) is 5.60 Å². The quantitative estimate of drug-likeness (QED) is 0.266. The second-order valence-electron chi connectivity index (χ2n) is 3.03. The predicted molar refractivity (Wildman–Crippen MR) is 46.4 cm³/mol. The monoisotopic (exact) mass is 236 g/mol. The van der Waals surface area contributed by atoms with Crippen molar-refractivity contribution < 1.29 is 44.9 Å². The molecule has 16 heavy (non-hydrogen) atoms. The first-order valence-corrected chi connectivity index (χ1v) is 3.89. The molecule has 0 saturated carbocycles. The van der Waals surface area contributed by atoms with E-state index in [1.165, 1.54) is 0 Å². The Morgan fingerprint density at radius 3 is 1.75 bits per heavy atom. The van der Waals surface area contributed by atoms with E-state index in [9.17, 15) is 19.5 Å². The van der Waals surface area contributed by atoms with Gasteiger partial charge in [-0.15, -0.1) is 0 Å². The average molecular weight is 236 g/mol. The van der Waals surface area contributed by atoms with Gasteiger partial charge >= 0.3 is 25.0 Å². The van der Waals surface area contributed by atoms with Crippen molar-refractivity contribution in [3.8, 4) is 0 Å². The zero-order valence-corrected chi connectivity index (χ0v) is 7.77. The van der Waals surface area contributed by atoms with E-state index < -0.39 is 42.9 Å². The maximum absolute atomic E-state index is 10.6. The van der Waals surface area contributed by atoms with Crippen molar-refractivity contribution in [3.63, 3.8) is 0 Å². The number of carboxylic acids is 3. The van der Waals surface area contributed by atoms with Crippen LogP contribution in [0.4, 0.5) is 0 Å². The Labute approximate surface area is 88.7 Å². The largest absolute Gasteiger partial charge is 0.481 e. The highest BCUT2D eigenvalue weighted by molar-refractivity contribution is 6.50. The van der Waals surface area contributed by atoms with Gasteiger partial charge in [0.1, 0.15) is 5.82 Å². The summed E-state index contributed by atoms with van der Waals surface area (Å²) in [4.78, 5) is 31.4. The number of carboxylic acid groups (broad SMARTS) is 3. The fraction of sp³-hybridized carbons (Fsp3) is 0.500. The van der Waals surface area contributed by atoms with E-state index >= 15 is 0 Å². The Bertz CT molecular complexity index is 313. The lowest BCUT2D eigenvalue weighted by molar-refractivity contribution is -0.171. The molecule has 90 valence electrons. The lowest BCUT2D eigenvalue weighted by Crippen LogP contribution is -2.53. The van der Waals surface area contributed by atoms with Gasteiger partial charge in [-0.3, -0.25) is 9.59 Å². The van der Waals surface area contributed by atoms with Gasteiger partial charge in [0.05, 0.1) is 6.42 Å². The molecule has 0 saturated heterocycles. The molecule has 0 radical (unpaired) electrons. The van der Waals surface area contributed by atoms with E-state index in [4.69, 9.17) is 25.4 Å². The maximum Gasteiger partial charge on any atom is 0.470 e. The van der Waals surface area contributed by atoms with Crippen LogP contribution in [0.25, 0.3) is 0 Å². The fourth-order valence-corrected chi connectivity index (χ4v) is 1.13. The highest BCUT2D eigenvalue weighted by Crippen LogP contribution is 2.29. The fourth-order valence-electron chi connectivity index (χ4n) is 1.13. The number of carbonyl (C=O) groups is 3. The van der Waals surface area contributed by atoms with Crippen LogP contribution < -0.4 is 0 Å². The lowest BCUT2D eigenvalue weighted by atomic mass is 9.62. The summed E-state index contributed by atoms with van der Waals surface area (Å²) >= 11 is 0. The Balaban J connectivity index is 5.37. The normalized spacial score (nSPS) is 15.9. The highest BCUT2D eigenvalue weighted by Gasteiger charge is 2.55. The zero-order chi connectivity index (χ0) is 13.1. The van der Waals surface area contributed by atoms with Gasteiger partial charge in [-0.2, -0.15) is 0 Å². The second kappa shape index (κ2) is 4.92. The second-order valence-corrected chi connectivity index (χ2v) is 3.03. The van der Waals surface area contributed by atoms with Gasteiger partial charge in [-0.25, -0.2) is 4.79 Å². The highest BCUT2D eigenvalue weighted by atomic mass is 16.4. The summed E-state index contributed by atoms with van der Waals surface area (Å²) in [5, 5.41) is 52.0. The molecule has 0 heterocycles. The maximum atomic E-state index is 10.6. The topological polar surface area (TPSA) is 173 Å². The average Bonchev–Trinajstić information content (AvgIpc) is 1.99. The minimum Gasteiger partial charge on any atom is -0.481 e. The molecular weight excluding hydrogens is 227 g/mol. The van der Waals surface area contributed by atoms with Crippen LogP contribution in [0, 0.1) is 0 Å². The molecule has 0 aliphatic rings. The number of rotatable bonds is 6. The van der Waals surface area contributed by atoms with Crippen LogP contribution in [0.5, 0.6) is 0 Å². The van der Waals surface area contributed by atoms with Gasteiger partial charge < -0.3 is 30.5 Å². The molecule has 10 heteroatoms. The van der Waals surface area contributed by atoms with Crippen molar-refractivity contribution in [1.82, 2.24) is 0 Å². The summed E-state index contributed by atoms with van der Waals surface area (Å²) in [6, 6.07) is 0. The number of aliphatic carboxylic acids is 3. The van der Waals surface area contributed by atoms with Crippen LogP contribution in [0.15, 0.2) is 0 Å². The standard InChI is InChI=1S/C6H9BO9/c8-2(9)1-6(14,5(12)13)3(4(10)11)7(15)16/h3,14-16H,1H2,(H,8,9)(H,10,11)(H,12,13). The molecule has 0 spiro atoms. The van der Waals surface area contributed by atoms with Gasteiger partial charge in [0, 0.05) is 0 Å². The van der Waals surface area contributed by atoms with Crippen LogP contribution in [-0.2, 0) is 14.4 Å². The van der Waals surface area contributed by atoms with Crippen LogP contribution in [0.2, 0.25) is 5.82 Å². The third-order valence-corrected chi connectivity index (χ3v) is 1.87. The molecule has 0 aromatic carbocycles. The van der Waals surface area contributed by atoms with Crippen LogP contribution >= 0.6 is 0 Å². The van der Waals surface area contributed by atoms with Crippen LogP contribution in [0.3, 0.4) is 0 Å². The lowest BCUT2D eigenvalue weighted by Gasteiger charge is -2.27. The van der Waals surface area contributed by atoms with Crippen LogP contribution in [-0.4, -0.2) is 61.1 Å². The SMILES string of the molecule is O=C(O)CC(O)(C(=O)O)C(B(O)O)C(=O)O. The molecule has 6 N–H and O–H groups in total. The summed E-state index contributed by atoms with van der Waals surface area (Å²) in [5.41, 5.74) is -3.30. The molecule has 0 fully saturated rings. The van der Waals surface area contributed by atoms with Gasteiger partial charge in [-0.1, -0.05) is 0 Å². The van der Waals surface area contributed by atoms with Crippen molar-refractivity contribution >= 4 is 25.0 Å². The van der Waals surface area contributed by atoms with E-state index in [2.05, 4.69) is 0 Å². The Kier molecular flexibility index (Phi) is 4.41. The van der Waals surface area contributed by atoms with E-state index in [0.29, 0.717) is 0 Å². The van der Waals surface area contributed by atoms with Crippen molar-refractivity contribution in [2.45, 2.75) is 17.8 Å². The van der Waals surface area contributed by atoms with E-state index in [1.807, 2.05) is 0 Å². The molecule has 0 aromatic rings. The molecule has 0 aromatic heterocycles. The van der Waals surface area contributed by atoms with Crippen molar-refractivity contribution in [3.05, 3.63) is 0 Å².